The Balaban J connectivity index is 2.48. The van der Waals surface area contributed by atoms with Crippen molar-refractivity contribution in [3.8, 4) is 0 Å². The van der Waals surface area contributed by atoms with Crippen LogP contribution in [0.5, 0.6) is 0 Å². The van der Waals surface area contributed by atoms with Crippen LogP contribution in [0.25, 0.3) is 0 Å². The minimum Gasteiger partial charge on any atom is -0.207 e. The van der Waals surface area contributed by atoms with Gasteiger partial charge in [0.2, 0.25) is 0 Å². The molecule has 0 aliphatic heterocycles. The van der Waals surface area contributed by atoms with E-state index in [2.05, 4.69) is 0 Å². The van der Waals surface area contributed by atoms with Crippen LogP contribution >= 0.6 is 22.9 Å². The van der Waals surface area contributed by atoms with E-state index in [0.717, 1.165) is 22.3 Å². The molecule has 1 aromatic carbocycles. The van der Waals surface area contributed by atoms with Crippen LogP contribution in [0.1, 0.15) is 27.6 Å². The molecule has 0 fully saturated rings. The van der Waals surface area contributed by atoms with E-state index in [1.165, 1.54) is 12.1 Å². The number of aryl methyl sites for hydroxylation is 2. The predicted octanol–water partition coefficient (Wildman–Crippen LogP) is 4.83. The molecule has 0 nitrogen and oxygen atoms in total. The maximum Gasteiger partial charge on any atom is 0.123 e. The molecule has 0 radical (unpaired) electrons. The molecule has 84 valence electrons. The van der Waals surface area contributed by atoms with Gasteiger partial charge in [-0.1, -0.05) is 0 Å². The third-order valence-electron chi connectivity index (χ3n) is 2.65. The average molecular weight is 255 g/mol. The molecule has 16 heavy (non-hydrogen) atoms. The van der Waals surface area contributed by atoms with Gasteiger partial charge in [-0.2, -0.15) is 11.3 Å². The Morgan fingerprint density at radius 3 is 2.38 bits per heavy atom. The van der Waals surface area contributed by atoms with E-state index in [9.17, 15) is 4.39 Å². The summed E-state index contributed by atoms with van der Waals surface area (Å²) in [6.45, 7) is 3.79. The van der Waals surface area contributed by atoms with Crippen LogP contribution in [0.15, 0.2) is 29.0 Å². The Bertz CT molecular complexity index is 468. The van der Waals surface area contributed by atoms with Crippen molar-refractivity contribution in [3.05, 3.63) is 57.0 Å². The van der Waals surface area contributed by atoms with Gasteiger partial charge in [0, 0.05) is 0 Å². The summed E-state index contributed by atoms with van der Waals surface area (Å²) in [5.41, 5.74) is 3.90. The third kappa shape index (κ3) is 2.13. The maximum absolute atomic E-state index is 13.2. The van der Waals surface area contributed by atoms with Gasteiger partial charge in [-0.05, 0) is 65.1 Å². The zero-order valence-corrected chi connectivity index (χ0v) is 10.7. The molecule has 1 heterocycles. The van der Waals surface area contributed by atoms with Gasteiger partial charge in [0.05, 0.1) is 5.38 Å². The van der Waals surface area contributed by atoms with Crippen molar-refractivity contribution in [1.29, 1.82) is 0 Å². The van der Waals surface area contributed by atoms with Crippen molar-refractivity contribution in [1.82, 2.24) is 0 Å². The Labute approximate surface area is 104 Å². The first-order valence-electron chi connectivity index (χ1n) is 5.02. The minimum atomic E-state index is -0.201. The molecule has 1 atom stereocenters. The molecule has 3 heteroatoms. The number of rotatable bonds is 2. The Morgan fingerprint density at radius 2 is 1.88 bits per heavy atom. The highest BCUT2D eigenvalue weighted by atomic mass is 35.5. The van der Waals surface area contributed by atoms with Crippen molar-refractivity contribution in [3.63, 3.8) is 0 Å². The van der Waals surface area contributed by atoms with Crippen molar-refractivity contribution in [2.45, 2.75) is 19.2 Å². The summed E-state index contributed by atoms with van der Waals surface area (Å²) >= 11 is 8.04. The Morgan fingerprint density at radius 1 is 1.25 bits per heavy atom. The third-order valence-corrected chi connectivity index (χ3v) is 3.82. The largest absolute Gasteiger partial charge is 0.207 e. The molecular formula is C13H12ClFS. The molecule has 0 aliphatic carbocycles. The quantitative estimate of drug-likeness (QED) is 0.673. The Hall–Kier alpha value is -0.860. The second kappa shape index (κ2) is 4.56. The normalized spacial score (nSPS) is 12.8. The zero-order valence-electron chi connectivity index (χ0n) is 9.13. The fourth-order valence-electron chi connectivity index (χ4n) is 1.91. The second-order valence-corrected chi connectivity index (χ2v) is 5.09. The molecule has 0 aliphatic rings. The summed E-state index contributed by atoms with van der Waals surface area (Å²) in [5.74, 6) is -0.201. The van der Waals surface area contributed by atoms with Crippen molar-refractivity contribution >= 4 is 22.9 Å². The van der Waals surface area contributed by atoms with Crippen molar-refractivity contribution < 1.29 is 4.39 Å². The van der Waals surface area contributed by atoms with E-state index in [-0.39, 0.29) is 11.2 Å². The molecule has 0 saturated heterocycles. The topological polar surface area (TPSA) is 0 Å². The van der Waals surface area contributed by atoms with Crippen LogP contribution in [0.3, 0.4) is 0 Å². The summed E-state index contributed by atoms with van der Waals surface area (Å²) in [7, 11) is 0. The van der Waals surface area contributed by atoms with Gasteiger partial charge in [0.1, 0.15) is 5.82 Å². The highest BCUT2D eigenvalue weighted by Crippen LogP contribution is 2.34. The SMILES string of the molecule is Cc1cc(F)cc(C)c1C(Cl)c1ccsc1. The lowest BCUT2D eigenvalue weighted by molar-refractivity contribution is 0.624. The molecule has 0 bridgehead atoms. The molecule has 1 aromatic heterocycles. The molecule has 0 N–H and O–H groups in total. The number of halogens is 2. The van der Waals surface area contributed by atoms with E-state index >= 15 is 0 Å². The van der Waals surface area contributed by atoms with Gasteiger partial charge >= 0.3 is 0 Å². The number of hydrogen-bond donors (Lipinski definition) is 0. The predicted molar refractivity (Wildman–Crippen MR) is 67.9 cm³/mol. The van der Waals surface area contributed by atoms with Gasteiger partial charge in [-0.15, -0.1) is 11.6 Å². The minimum absolute atomic E-state index is 0.188. The standard InChI is InChI=1S/C13H12ClFS/c1-8-5-11(15)6-9(2)12(8)13(14)10-3-4-16-7-10/h3-7,13H,1-2H3. The number of benzene rings is 1. The van der Waals surface area contributed by atoms with Crippen LogP contribution in [0.4, 0.5) is 4.39 Å². The van der Waals surface area contributed by atoms with Gasteiger partial charge in [-0.3, -0.25) is 0 Å². The first kappa shape index (κ1) is 11.6. The molecule has 0 saturated carbocycles. The summed E-state index contributed by atoms with van der Waals surface area (Å²) < 4.78 is 13.2. The van der Waals surface area contributed by atoms with E-state index < -0.39 is 0 Å². The molecule has 1 unspecified atom stereocenters. The first-order valence-corrected chi connectivity index (χ1v) is 6.40. The lowest BCUT2D eigenvalue weighted by Crippen LogP contribution is -1.99. The van der Waals surface area contributed by atoms with E-state index in [0.29, 0.717) is 0 Å². The zero-order chi connectivity index (χ0) is 11.7. The van der Waals surface area contributed by atoms with Crippen LogP contribution < -0.4 is 0 Å². The molecular weight excluding hydrogens is 243 g/mol. The summed E-state index contributed by atoms with van der Waals surface area (Å²) in [6.07, 6.45) is 0. The van der Waals surface area contributed by atoms with Gasteiger partial charge in [-0.25, -0.2) is 4.39 Å². The lowest BCUT2D eigenvalue weighted by atomic mass is 9.97. The average Bonchev–Trinajstić information content (AvgIpc) is 2.67. The molecule has 0 spiro atoms. The monoisotopic (exact) mass is 254 g/mol. The molecule has 2 rings (SSSR count). The van der Waals surface area contributed by atoms with E-state index in [1.807, 2.05) is 30.7 Å². The number of thiophene rings is 1. The van der Waals surface area contributed by atoms with Gasteiger partial charge < -0.3 is 0 Å². The van der Waals surface area contributed by atoms with E-state index in [1.54, 1.807) is 11.3 Å². The van der Waals surface area contributed by atoms with Crippen molar-refractivity contribution in [2.24, 2.45) is 0 Å². The summed E-state index contributed by atoms with van der Waals surface area (Å²) in [5, 5.41) is 3.84. The fraction of sp³-hybridized carbons (Fsp3) is 0.231. The smallest absolute Gasteiger partial charge is 0.123 e. The van der Waals surface area contributed by atoms with Crippen LogP contribution in [0.2, 0.25) is 0 Å². The van der Waals surface area contributed by atoms with Crippen LogP contribution in [-0.4, -0.2) is 0 Å². The number of alkyl halides is 1. The maximum atomic E-state index is 13.2. The molecule has 2 aromatic rings. The fourth-order valence-corrected chi connectivity index (χ4v) is 3.15. The summed E-state index contributed by atoms with van der Waals surface area (Å²) in [4.78, 5) is 0. The highest BCUT2D eigenvalue weighted by Gasteiger charge is 2.16. The summed E-state index contributed by atoms with van der Waals surface area (Å²) in [6, 6.07) is 5.07. The second-order valence-electron chi connectivity index (χ2n) is 3.87. The Kier molecular flexibility index (Phi) is 3.31. The van der Waals surface area contributed by atoms with Crippen molar-refractivity contribution in [2.75, 3.05) is 0 Å². The lowest BCUT2D eigenvalue weighted by Gasteiger charge is -2.15. The van der Waals surface area contributed by atoms with Crippen LogP contribution in [0, 0.1) is 19.7 Å². The van der Waals surface area contributed by atoms with Crippen LogP contribution in [-0.2, 0) is 0 Å². The van der Waals surface area contributed by atoms with Gasteiger partial charge in [0.15, 0.2) is 0 Å². The van der Waals surface area contributed by atoms with E-state index in [4.69, 9.17) is 11.6 Å². The highest BCUT2D eigenvalue weighted by molar-refractivity contribution is 7.08. The first-order chi connectivity index (χ1) is 7.59. The molecule has 0 amide bonds. The van der Waals surface area contributed by atoms with Gasteiger partial charge in [0.25, 0.3) is 0 Å². The number of hydrogen-bond acceptors (Lipinski definition) is 1.